The largest absolute Gasteiger partial charge is 0.393 e. The van der Waals surface area contributed by atoms with Crippen molar-refractivity contribution >= 4 is 0 Å². The van der Waals surface area contributed by atoms with Crippen molar-refractivity contribution in [2.45, 2.75) is 70.5 Å². The van der Waals surface area contributed by atoms with Crippen LogP contribution in [-0.4, -0.2) is 22.4 Å². The van der Waals surface area contributed by atoms with E-state index in [1.54, 1.807) is 5.57 Å². The van der Waals surface area contributed by atoms with Gasteiger partial charge in [0.1, 0.15) is 0 Å². The summed E-state index contributed by atoms with van der Waals surface area (Å²) in [6.45, 7) is 2.35. The summed E-state index contributed by atoms with van der Waals surface area (Å²) in [6.07, 6.45) is 11.4. The number of aliphatic hydroxyl groups is 2. The Morgan fingerprint density at radius 3 is 2.70 bits per heavy atom. The smallest absolute Gasteiger partial charge is 0.0723 e. The van der Waals surface area contributed by atoms with E-state index in [9.17, 15) is 10.2 Å². The Morgan fingerprint density at radius 2 is 1.85 bits per heavy atom. The Bertz CT molecular complexity index is 429. The van der Waals surface area contributed by atoms with E-state index in [1.165, 1.54) is 38.5 Å². The third-order valence-electron chi connectivity index (χ3n) is 7.38. The highest BCUT2D eigenvalue weighted by atomic mass is 16.3. The van der Waals surface area contributed by atoms with Crippen LogP contribution in [0.25, 0.3) is 0 Å². The highest BCUT2D eigenvalue weighted by Gasteiger charge is 2.55. The molecule has 0 aliphatic heterocycles. The Hall–Kier alpha value is -0.340. The summed E-state index contributed by atoms with van der Waals surface area (Å²) in [6, 6.07) is 0. The molecule has 0 aromatic carbocycles. The molecule has 0 spiro atoms. The number of hydrogen-bond acceptors (Lipinski definition) is 2. The topological polar surface area (TPSA) is 40.5 Å². The third kappa shape index (κ3) is 1.77. The standard InChI is InChI=1S/C18H28O2/c1-18-9-8-14-13-5-3-12(19)10-11(13)2-4-15(14)16(18)6-7-17(18)20/h10,12-17,19-20H,2-9H2,1H3/t12?,13-,14+,15+,16-,17-,18-/m0/s1. The van der Waals surface area contributed by atoms with Gasteiger partial charge in [-0.3, -0.25) is 0 Å². The number of allylic oxidation sites excluding steroid dienone is 1. The van der Waals surface area contributed by atoms with E-state index in [0.29, 0.717) is 0 Å². The van der Waals surface area contributed by atoms with Crippen molar-refractivity contribution in [1.82, 2.24) is 0 Å². The summed E-state index contributed by atoms with van der Waals surface area (Å²) in [5, 5.41) is 20.3. The quantitative estimate of drug-likeness (QED) is 0.667. The monoisotopic (exact) mass is 276 g/mol. The molecular formula is C18H28O2. The molecule has 4 aliphatic carbocycles. The predicted molar refractivity (Wildman–Crippen MR) is 79.1 cm³/mol. The fraction of sp³-hybridized carbons (Fsp3) is 0.889. The summed E-state index contributed by atoms with van der Waals surface area (Å²) >= 11 is 0. The van der Waals surface area contributed by atoms with Crippen LogP contribution in [0, 0.1) is 29.1 Å². The summed E-state index contributed by atoms with van der Waals surface area (Å²) in [4.78, 5) is 0. The van der Waals surface area contributed by atoms with Crippen molar-refractivity contribution in [3.8, 4) is 0 Å². The molecule has 0 radical (unpaired) electrons. The van der Waals surface area contributed by atoms with Crippen LogP contribution in [0.4, 0.5) is 0 Å². The van der Waals surface area contributed by atoms with Crippen LogP contribution < -0.4 is 0 Å². The first-order chi connectivity index (χ1) is 9.59. The molecule has 3 saturated carbocycles. The van der Waals surface area contributed by atoms with E-state index >= 15 is 0 Å². The third-order valence-corrected chi connectivity index (χ3v) is 7.38. The second-order valence-electron chi connectivity index (χ2n) is 8.10. The molecule has 2 heteroatoms. The first kappa shape index (κ1) is 13.3. The summed E-state index contributed by atoms with van der Waals surface area (Å²) in [5.41, 5.74) is 1.77. The second kappa shape index (κ2) is 4.58. The lowest BCUT2D eigenvalue weighted by Crippen LogP contribution is -2.47. The lowest BCUT2D eigenvalue weighted by atomic mass is 9.52. The first-order valence-electron chi connectivity index (χ1n) is 8.66. The minimum atomic E-state index is -0.181. The molecule has 0 amide bonds. The van der Waals surface area contributed by atoms with Crippen molar-refractivity contribution in [2.24, 2.45) is 29.1 Å². The van der Waals surface area contributed by atoms with Crippen LogP contribution in [0.1, 0.15) is 58.3 Å². The average molecular weight is 276 g/mol. The molecule has 4 aliphatic rings. The van der Waals surface area contributed by atoms with Crippen LogP contribution in [0.15, 0.2) is 11.6 Å². The second-order valence-corrected chi connectivity index (χ2v) is 8.10. The van der Waals surface area contributed by atoms with Gasteiger partial charge in [0.05, 0.1) is 12.2 Å². The van der Waals surface area contributed by atoms with Crippen LogP contribution in [0.5, 0.6) is 0 Å². The highest BCUT2D eigenvalue weighted by molar-refractivity contribution is 5.20. The Balaban J connectivity index is 1.62. The van der Waals surface area contributed by atoms with Gasteiger partial charge in [0.25, 0.3) is 0 Å². The maximum absolute atomic E-state index is 10.4. The lowest BCUT2D eigenvalue weighted by molar-refractivity contribution is -0.0548. The van der Waals surface area contributed by atoms with Gasteiger partial charge >= 0.3 is 0 Å². The van der Waals surface area contributed by atoms with Gasteiger partial charge in [-0.25, -0.2) is 0 Å². The maximum Gasteiger partial charge on any atom is 0.0723 e. The van der Waals surface area contributed by atoms with Crippen LogP contribution >= 0.6 is 0 Å². The molecule has 4 rings (SSSR count). The highest BCUT2D eigenvalue weighted by Crippen LogP contribution is 2.61. The minimum absolute atomic E-state index is 0.0569. The van der Waals surface area contributed by atoms with Crippen molar-refractivity contribution in [3.05, 3.63) is 11.6 Å². The molecular weight excluding hydrogens is 248 g/mol. The average Bonchev–Trinajstić information content (AvgIpc) is 2.74. The minimum Gasteiger partial charge on any atom is -0.393 e. The van der Waals surface area contributed by atoms with E-state index in [4.69, 9.17) is 0 Å². The molecule has 112 valence electrons. The van der Waals surface area contributed by atoms with E-state index in [2.05, 4.69) is 13.0 Å². The zero-order chi connectivity index (χ0) is 13.9. The van der Waals surface area contributed by atoms with Crippen molar-refractivity contribution in [3.63, 3.8) is 0 Å². The Morgan fingerprint density at radius 1 is 1.00 bits per heavy atom. The van der Waals surface area contributed by atoms with E-state index in [0.717, 1.165) is 36.5 Å². The normalized spacial score (nSPS) is 54.6. The van der Waals surface area contributed by atoms with Crippen LogP contribution in [0.3, 0.4) is 0 Å². The molecule has 1 unspecified atom stereocenters. The van der Waals surface area contributed by atoms with Gasteiger partial charge in [0, 0.05) is 0 Å². The van der Waals surface area contributed by atoms with E-state index in [-0.39, 0.29) is 17.6 Å². The predicted octanol–water partition coefficient (Wildman–Crippen LogP) is 3.28. The SMILES string of the molecule is C[C@]12CC[C@H]3[C@@H](CCC4=CC(O)CC[C@@H]43)[C@@H]1CC[C@@H]2O. The summed E-state index contributed by atoms with van der Waals surface area (Å²) in [7, 11) is 0. The molecule has 20 heavy (non-hydrogen) atoms. The van der Waals surface area contributed by atoms with Crippen molar-refractivity contribution in [1.29, 1.82) is 0 Å². The molecule has 2 N–H and O–H groups in total. The lowest BCUT2D eigenvalue weighted by Gasteiger charge is -2.53. The van der Waals surface area contributed by atoms with Gasteiger partial charge in [0.2, 0.25) is 0 Å². The Kier molecular flexibility index (Phi) is 3.05. The molecule has 2 nitrogen and oxygen atoms in total. The fourth-order valence-corrected chi connectivity index (χ4v) is 6.28. The number of hydrogen-bond donors (Lipinski definition) is 2. The zero-order valence-electron chi connectivity index (χ0n) is 12.6. The van der Waals surface area contributed by atoms with Gasteiger partial charge in [-0.15, -0.1) is 0 Å². The van der Waals surface area contributed by atoms with E-state index in [1.807, 2.05) is 0 Å². The van der Waals surface area contributed by atoms with Crippen LogP contribution in [0.2, 0.25) is 0 Å². The number of rotatable bonds is 0. The summed E-state index contributed by atoms with van der Waals surface area (Å²) in [5.74, 6) is 3.18. The fourth-order valence-electron chi connectivity index (χ4n) is 6.28. The maximum atomic E-state index is 10.4. The van der Waals surface area contributed by atoms with Crippen molar-refractivity contribution in [2.75, 3.05) is 0 Å². The van der Waals surface area contributed by atoms with Crippen molar-refractivity contribution < 1.29 is 10.2 Å². The molecule has 3 fully saturated rings. The first-order valence-corrected chi connectivity index (χ1v) is 8.66. The van der Waals surface area contributed by atoms with Gasteiger partial charge in [-0.2, -0.15) is 0 Å². The van der Waals surface area contributed by atoms with Gasteiger partial charge in [-0.05, 0) is 80.5 Å². The summed E-state index contributed by atoms with van der Waals surface area (Å²) < 4.78 is 0. The van der Waals surface area contributed by atoms with Crippen LogP contribution in [-0.2, 0) is 0 Å². The molecule has 0 aromatic rings. The Labute approximate surface area is 122 Å². The van der Waals surface area contributed by atoms with E-state index < -0.39 is 0 Å². The molecule has 7 atom stereocenters. The van der Waals surface area contributed by atoms with Gasteiger partial charge < -0.3 is 10.2 Å². The van der Waals surface area contributed by atoms with Gasteiger partial charge in [0.15, 0.2) is 0 Å². The zero-order valence-corrected chi connectivity index (χ0v) is 12.6. The van der Waals surface area contributed by atoms with Gasteiger partial charge in [-0.1, -0.05) is 18.6 Å². The molecule has 0 heterocycles. The number of aliphatic hydroxyl groups excluding tert-OH is 2. The molecule has 0 aromatic heterocycles. The molecule has 0 saturated heterocycles. The number of fused-ring (bicyclic) bond motifs is 5. The molecule has 0 bridgehead atoms.